The Labute approximate surface area is 167 Å². The summed E-state index contributed by atoms with van der Waals surface area (Å²) in [6.07, 6.45) is 0.296. The molecule has 0 atom stereocenters. The molecule has 0 rings (SSSR count). The monoisotopic (exact) mass is 568 g/mol. The number of nitrogens with zero attached hydrogens (tertiary/aromatic N) is 1. The Bertz CT molecular complexity index is 437. The number of carboxylic acid groups (broad SMARTS) is 1. The van der Waals surface area contributed by atoms with Crippen molar-refractivity contribution in [2.75, 3.05) is 41.6 Å². The number of halogens is 2. The van der Waals surface area contributed by atoms with E-state index >= 15 is 0 Å². The first kappa shape index (κ1) is 23.1. The zero-order valence-electron chi connectivity index (χ0n) is 13.1. The van der Waals surface area contributed by atoms with Gasteiger partial charge in [-0.25, -0.2) is 4.79 Å². The normalized spacial score (nSPS) is 9.92. The molecule has 138 valence electrons. The molecule has 0 spiro atoms. The number of aliphatic carboxylic acids is 1. The molecular weight excluding hydrogens is 546 g/mol. The summed E-state index contributed by atoms with van der Waals surface area (Å²) in [5.74, 6) is -1.15. The zero-order chi connectivity index (χ0) is 18.4. The van der Waals surface area contributed by atoms with Gasteiger partial charge in [0.05, 0.1) is 8.86 Å². The van der Waals surface area contributed by atoms with Gasteiger partial charge in [-0.05, 0) is 6.42 Å². The topological polar surface area (TPSA) is 128 Å². The van der Waals surface area contributed by atoms with Gasteiger partial charge in [-0.2, -0.15) is 0 Å². The van der Waals surface area contributed by atoms with Crippen LogP contribution in [0.2, 0.25) is 0 Å². The first-order chi connectivity index (χ1) is 11.4. The molecule has 0 aliphatic heterocycles. The maximum absolute atomic E-state index is 12.1. The smallest absolute Gasteiger partial charge is 0.317 e. The number of hydrogen-bond acceptors (Lipinski definition) is 4. The van der Waals surface area contributed by atoms with Crippen molar-refractivity contribution in [3.63, 3.8) is 0 Å². The first-order valence-electron chi connectivity index (χ1n) is 7.30. The highest BCUT2D eigenvalue weighted by molar-refractivity contribution is 14.1. The average Bonchev–Trinajstić information content (AvgIpc) is 2.56. The van der Waals surface area contributed by atoms with Gasteiger partial charge in [-0.15, -0.1) is 0 Å². The van der Waals surface area contributed by atoms with Crippen LogP contribution in [0.3, 0.4) is 0 Å². The number of urea groups is 1. The first-order valence-corrected chi connectivity index (χ1v) is 10.4. The van der Waals surface area contributed by atoms with Crippen LogP contribution in [0.1, 0.15) is 12.8 Å². The molecule has 0 saturated carbocycles. The van der Waals surface area contributed by atoms with Crippen LogP contribution in [0.5, 0.6) is 0 Å². The van der Waals surface area contributed by atoms with Gasteiger partial charge in [0.25, 0.3) is 0 Å². The molecular formula is C13H22I2N4O5. The molecule has 0 saturated heterocycles. The van der Waals surface area contributed by atoms with Crippen LogP contribution < -0.4 is 16.0 Å². The van der Waals surface area contributed by atoms with Crippen molar-refractivity contribution in [1.29, 1.82) is 0 Å². The Morgan fingerprint density at radius 3 is 1.92 bits per heavy atom. The molecule has 9 nitrogen and oxygen atoms in total. The van der Waals surface area contributed by atoms with Crippen LogP contribution in [-0.2, 0) is 14.4 Å². The fraction of sp³-hybridized carbons (Fsp3) is 0.692. The second-order valence-electron chi connectivity index (χ2n) is 4.68. The second-order valence-corrected chi connectivity index (χ2v) is 6.21. The van der Waals surface area contributed by atoms with Crippen molar-refractivity contribution in [3.8, 4) is 0 Å². The molecule has 0 radical (unpaired) electrons. The number of nitrogens with one attached hydrogen (secondary N) is 3. The quantitative estimate of drug-likeness (QED) is 0.150. The molecule has 24 heavy (non-hydrogen) atoms. The molecule has 0 aliphatic carbocycles. The van der Waals surface area contributed by atoms with Crippen LogP contribution >= 0.6 is 45.2 Å². The van der Waals surface area contributed by atoms with Gasteiger partial charge in [-0.1, -0.05) is 45.2 Å². The Hall–Kier alpha value is -0.860. The molecule has 0 bridgehead atoms. The number of hydrogen-bond donors (Lipinski definition) is 4. The molecule has 4 N–H and O–H groups in total. The van der Waals surface area contributed by atoms with Gasteiger partial charge in [-0.3, -0.25) is 14.4 Å². The highest BCUT2D eigenvalue weighted by Gasteiger charge is 2.13. The summed E-state index contributed by atoms with van der Waals surface area (Å²) in [7, 11) is 0. The Balaban J connectivity index is 4.26. The minimum absolute atomic E-state index is 0.0321. The summed E-state index contributed by atoms with van der Waals surface area (Å²) in [4.78, 5) is 46.5. The average molecular weight is 568 g/mol. The Morgan fingerprint density at radius 1 is 0.833 bits per heavy atom. The van der Waals surface area contributed by atoms with Crippen LogP contribution in [0, 0.1) is 0 Å². The van der Waals surface area contributed by atoms with Crippen LogP contribution in [0.15, 0.2) is 0 Å². The third-order valence-electron chi connectivity index (χ3n) is 2.78. The van der Waals surface area contributed by atoms with E-state index in [0.29, 0.717) is 28.4 Å². The van der Waals surface area contributed by atoms with Crippen LogP contribution in [-0.4, -0.2) is 75.4 Å². The van der Waals surface area contributed by atoms with E-state index in [2.05, 4.69) is 16.0 Å². The standard InChI is InChI=1S/C13H22I2N4O5/c14-8-10(20)16-3-4-18-13(24)19(6-1-2-12(22)23)7-5-17-11(21)9-15/h1-9H2,(H,16,20)(H,17,21)(H,18,24)(H,22,23). The van der Waals surface area contributed by atoms with Crippen molar-refractivity contribution in [2.24, 2.45) is 0 Å². The predicted octanol–water partition coefficient (Wildman–Crippen LogP) is -0.0348. The van der Waals surface area contributed by atoms with Crippen molar-refractivity contribution in [1.82, 2.24) is 20.9 Å². The molecule has 0 fully saturated rings. The van der Waals surface area contributed by atoms with Crippen LogP contribution in [0.4, 0.5) is 4.79 Å². The summed E-state index contributed by atoms with van der Waals surface area (Å²) < 4.78 is 0.684. The number of alkyl halides is 2. The minimum Gasteiger partial charge on any atom is -0.481 e. The fourth-order valence-corrected chi connectivity index (χ4v) is 2.18. The third-order valence-corrected chi connectivity index (χ3v) is 4.16. The van der Waals surface area contributed by atoms with E-state index in [4.69, 9.17) is 5.11 Å². The van der Waals surface area contributed by atoms with E-state index in [1.54, 1.807) is 0 Å². The van der Waals surface area contributed by atoms with Crippen molar-refractivity contribution in [2.45, 2.75) is 12.8 Å². The number of carbonyl (C=O) groups excluding carboxylic acids is 3. The number of carboxylic acids is 1. The van der Waals surface area contributed by atoms with E-state index < -0.39 is 5.97 Å². The van der Waals surface area contributed by atoms with E-state index in [9.17, 15) is 19.2 Å². The van der Waals surface area contributed by atoms with Gasteiger partial charge in [0.15, 0.2) is 0 Å². The van der Waals surface area contributed by atoms with Gasteiger partial charge < -0.3 is 26.0 Å². The maximum atomic E-state index is 12.1. The molecule has 0 heterocycles. The van der Waals surface area contributed by atoms with Gasteiger partial charge in [0, 0.05) is 39.1 Å². The highest BCUT2D eigenvalue weighted by Crippen LogP contribution is 1.96. The van der Waals surface area contributed by atoms with Crippen LogP contribution in [0.25, 0.3) is 0 Å². The number of rotatable bonds is 12. The van der Waals surface area contributed by atoms with Crippen molar-refractivity contribution >= 4 is 69.0 Å². The predicted molar refractivity (Wildman–Crippen MR) is 106 cm³/mol. The highest BCUT2D eigenvalue weighted by atomic mass is 127. The molecule has 4 amide bonds. The van der Waals surface area contributed by atoms with E-state index in [-0.39, 0.29) is 43.9 Å². The Morgan fingerprint density at radius 2 is 1.38 bits per heavy atom. The summed E-state index contributed by atoms with van der Waals surface area (Å²) in [6.45, 7) is 1.46. The number of carbonyl (C=O) groups is 4. The molecule has 0 aliphatic rings. The molecule has 0 aromatic heterocycles. The minimum atomic E-state index is -0.921. The Kier molecular flexibility index (Phi) is 14.0. The lowest BCUT2D eigenvalue weighted by Crippen LogP contribution is -2.46. The summed E-state index contributed by atoms with van der Waals surface area (Å²) in [5.41, 5.74) is 0. The molecule has 0 aromatic carbocycles. The van der Waals surface area contributed by atoms with E-state index in [0.717, 1.165) is 0 Å². The lowest BCUT2D eigenvalue weighted by Gasteiger charge is -2.23. The number of amides is 4. The summed E-state index contributed by atoms with van der Waals surface area (Å²) in [6, 6.07) is -0.354. The zero-order valence-corrected chi connectivity index (χ0v) is 17.5. The van der Waals surface area contributed by atoms with Crippen molar-refractivity contribution in [3.05, 3.63) is 0 Å². The van der Waals surface area contributed by atoms with E-state index in [1.165, 1.54) is 4.90 Å². The fourth-order valence-electron chi connectivity index (χ4n) is 1.64. The summed E-state index contributed by atoms with van der Waals surface area (Å²) in [5, 5.41) is 16.6. The maximum Gasteiger partial charge on any atom is 0.317 e. The second kappa shape index (κ2) is 14.5. The van der Waals surface area contributed by atoms with Gasteiger partial charge >= 0.3 is 12.0 Å². The summed E-state index contributed by atoms with van der Waals surface area (Å²) >= 11 is 3.88. The lowest BCUT2D eigenvalue weighted by atomic mass is 10.3. The molecule has 0 unspecified atom stereocenters. The molecule has 0 aromatic rings. The van der Waals surface area contributed by atoms with Crippen molar-refractivity contribution < 1.29 is 24.3 Å². The lowest BCUT2D eigenvalue weighted by molar-refractivity contribution is -0.137. The van der Waals surface area contributed by atoms with Gasteiger partial charge in [0.2, 0.25) is 11.8 Å². The largest absolute Gasteiger partial charge is 0.481 e. The van der Waals surface area contributed by atoms with E-state index in [1.807, 2.05) is 45.2 Å². The molecule has 11 heteroatoms. The SMILES string of the molecule is O=C(O)CCCN(CCNC(=O)CI)C(=O)NCCNC(=O)CI. The van der Waals surface area contributed by atoms with Gasteiger partial charge in [0.1, 0.15) is 0 Å². The third kappa shape index (κ3) is 12.5.